The minimum atomic E-state index is -0.194. The molecule has 2 aromatic rings. The number of rotatable bonds is 6. The topological polar surface area (TPSA) is 78.1 Å². The number of nitriles is 1. The van der Waals surface area contributed by atoms with Gasteiger partial charge >= 0.3 is 0 Å². The third-order valence-corrected chi connectivity index (χ3v) is 3.68. The Balaban J connectivity index is 2.18. The number of carbonyl (C=O) groups is 1. The van der Waals surface area contributed by atoms with Crippen molar-refractivity contribution in [1.82, 2.24) is 10.6 Å². The number of benzene rings is 1. The highest BCUT2D eigenvalue weighted by atomic mass is 16.3. The summed E-state index contributed by atoms with van der Waals surface area (Å²) in [5.41, 5.74) is 1.95. The van der Waals surface area contributed by atoms with E-state index in [9.17, 15) is 4.79 Å². The van der Waals surface area contributed by atoms with E-state index >= 15 is 0 Å². The lowest BCUT2D eigenvalue weighted by Gasteiger charge is -2.21. The van der Waals surface area contributed by atoms with Crippen molar-refractivity contribution in [2.75, 3.05) is 13.1 Å². The molecule has 0 spiro atoms. The summed E-state index contributed by atoms with van der Waals surface area (Å²) < 4.78 is 5.99. The van der Waals surface area contributed by atoms with Crippen molar-refractivity contribution in [3.8, 4) is 6.07 Å². The van der Waals surface area contributed by atoms with E-state index in [0.29, 0.717) is 0 Å². The number of nitrogens with zero attached hydrogens (tertiary/aromatic N) is 1. The van der Waals surface area contributed by atoms with E-state index in [-0.39, 0.29) is 31.0 Å². The normalized spacial score (nSPS) is 12.3. The number of aryl methyl sites for hydroxylation is 1. The van der Waals surface area contributed by atoms with Crippen LogP contribution in [-0.4, -0.2) is 19.0 Å². The van der Waals surface area contributed by atoms with Crippen LogP contribution < -0.4 is 10.6 Å². The second-order valence-corrected chi connectivity index (χ2v) is 5.62. The number of hydrogen-bond donors (Lipinski definition) is 2. The molecular weight excluding hydrogens is 278 g/mol. The lowest BCUT2D eigenvalue weighted by Crippen LogP contribution is -2.37. The first-order valence-electron chi connectivity index (χ1n) is 7.39. The minimum absolute atomic E-state index is 0.0243. The minimum Gasteiger partial charge on any atom is -0.459 e. The molecule has 0 radical (unpaired) electrons. The average Bonchev–Trinajstić information content (AvgIpc) is 2.83. The fourth-order valence-electron chi connectivity index (χ4n) is 2.52. The molecule has 0 saturated heterocycles. The Kier molecular flexibility index (Phi) is 5.18. The molecule has 0 fully saturated rings. The summed E-state index contributed by atoms with van der Waals surface area (Å²) in [6, 6.07) is 9.75. The summed E-state index contributed by atoms with van der Waals surface area (Å²) in [6.07, 6.45) is 0. The van der Waals surface area contributed by atoms with Gasteiger partial charge in [0.15, 0.2) is 0 Å². The van der Waals surface area contributed by atoms with Crippen molar-refractivity contribution >= 4 is 16.9 Å². The molecule has 0 aliphatic heterocycles. The predicted molar refractivity (Wildman–Crippen MR) is 85.2 cm³/mol. The van der Waals surface area contributed by atoms with Gasteiger partial charge in [0.25, 0.3) is 0 Å². The molecule has 1 atom stereocenters. The standard InChI is InChI=1S/C17H21N3O2/c1-11(2)16(20-10-15(21)19-9-8-18)17-12(3)13-6-4-5-7-14(13)22-17/h4-7,11,16,20H,9-10H2,1-3H3,(H,19,21)/t16-/m0/s1. The van der Waals surface area contributed by atoms with Gasteiger partial charge in [-0.05, 0) is 24.5 Å². The van der Waals surface area contributed by atoms with Crippen molar-refractivity contribution in [3.63, 3.8) is 0 Å². The maximum absolute atomic E-state index is 11.7. The molecule has 22 heavy (non-hydrogen) atoms. The van der Waals surface area contributed by atoms with Gasteiger partial charge in [0.1, 0.15) is 17.9 Å². The molecule has 0 aliphatic rings. The van der Waals surface area contributed by atoms with Gasteiger partial charge in [-0.1, -0.05) is 32.0 Å². The molecule has 1 amide bonds. The lowest BCUT2D eigenvalue weighted by molar-refractivity contribution is -0.120. The third-order valence-electron chi connectivity index (χ3n) is 3.68. The Bertz CT molecular complexity index is 697. The lowest BCUT2D eigenvalue weighted by atomic mass is 9.98. The van der Waals surface area contributed by atoms with Gasteiger partial charge in [0.2, 0.25) is 5.91 Å². The van der Waals surface area contributed by atoms with Crippen LogP contribution in [0.2, 0.25) is 0 Å². The highest BCUT2D eigenvalue weighted by Crippen LogP contribution is 2.32. The van der Waals surface area contributed by atoms with Crippen molar-refractivity contribution in [3.05, 3.63) is 35.6 Å². The van der Waals surface area contributed by atoms with Crippen LogP contribution in [0.5, 0.6) is 0 Å². The molecule has 1 heterocycles. The summed E-state index contributed by atoms with van der Waals surface area (Å²) in [5, 5.41) is 15.3. The Hall–Kier alpha value is -2.32. The molecule has 1 aromatic heterocycles. The molecule has 1 aromatic carbocycles. The molecule has 0 unspecified atom stereocenters. The van der Waals surface area contributed by atoms with E-state index in [1.54, 1.807) is 0 Å². The Morgan fingerprint density at radius 3 is 2.73 bits per heavy atom. The van der Waals surface area contributed by atoms with Crippen LogP contribution in [0.1, 0.15) is 31.2 Å². The second kappa shape index (κ2) is 7.10. The largest absolute Gasteiger partial charge is 0.459 e. The number of carbonyl (C=O) groups excluding carboxylic acids is 1. The fourth-order valence-corrected chi connectivity index (χ4v) is 2.52. The number of para-hydroxylation sites is 1. The van der Waals surface area contributed by atoms with Gasteiger partial charge in [0, 0.05) is 5.39 Å². The molecule has 2 N–H and O–H groups in total. The van der Waals surface area contributed by atoms with Gasteiger partial charge in [-0.2, -0.15) is 5.26 Å². The predicted octanol–water partition coefficient (Wildman–Crippen LogP) is 2.67. The molecular formula is C17H21N3O2. The Morgan fingerprint density at radius 2 is 2.09 bits per heavy atom. The quantitative estimate of drug-likeness (QED) is 0.804. The average molecular weight is 299 g/mol. The molecule has 0 bridgehead atoms. The van der Waals surface area contributed by atoms with E-state index in [0.717, 1.165) is 22.3 Å². The zero-order valence-corrected chi connectivity index (χ0v) is 13.1. The van der Waals surface area contributed by atoms with Crippen LogP contribution in [0.4, 0.5) is 0 Å². The zero-order valence-electron chi connectivity index (χ0n) is 13.1. The summed E-state index contributed by atoms with van der Waals surface area (Å²) >= 11 is 0. The highest BCUT2D eigenvalue weighted by molar-refractivity contribution is 5.82. The smallest absolute Gasteiger partial charge is 0.234 e. The monoisotopic (exact) mass is 299 g/mol. The number of amides is 1. The van der Waals surface area contributed by atoms with Gasteiger partial charge in [-0.3, -0.25) is 10.1 Å². The van der Waals surface area contributed by atoms with Crippen LogP contribution in [0.15, 0.2) is 28.7 Å². The highest BCUT2D eigenvalue weighted by Gasteiger charge is 2.23. The first-order valence-corrected chi connectivity index (χ1v) is 7.39. The molecule has 116 valence electrons. The molecule has 5 heteroatoms. The second-order valence-electron chi connectivity index (χ2n) is 5.62. The third kappa shape index (κ3) is 3.46. The summed E-state index contributed by atoms with van der Waals surface area (Å²) in [6.45, 7) is 6.38. The Labute approximate surface area is 130 Å². The fraction of sp³-hybridized carbons (Fsp3) is 0.412. The maximum atomic E-state index is 11.7. The molecule has 2 rings (SSSR count). The van der Waals surface area contributed by atoms with E-state index in [1.807, 2.05) is 37.3 Å². The first-order chi connectivity index (χ1) is 10.5. The van der Waals surface area contributed by atoms with Crippen LogP contribution in [0, 0.1) is 24.2 Å². The number of hydrogen-bond acceptors (Lipinski definition) is 4. The van der Waals surface area contributed by atoms with E-state index < -0.39 is 0 Å². The van der Waals surface area contributed by atoms with Gasteiger partial charge in [-0.15, -0.1) is 0 Å². The Morgan fingerprint density at radius 1 is 1.36 bits per heavy atom. The summed E-state index contributed by atoms with van der Waals surface area (Å²) in [4.78, 5) is 11.7. The van der Waals surface area contributed by atoms with Gasteiger partial charge in [-0.25, -0.2) is 0 Å². The molecule has 0 aliphatic carbocycles. The summed E-state index contributed by atoms with van der Waals surface area (Å²) in [5.74, 6) is 0.938. The number of nitrogens with one attached hydrogen (secondary N) is 2. The van der Waals surface area contributed by atoms with Crippen LogP contribution in [0.25, 0.3) is 11.0 Å². The number of fused-ring (bicyclic) bond motifs is 1. The van der Waals surface area contributed by atoms with Crippen molar-refractivity contribution in [1.29, 1.82) is 5.26 Å². The van der Waals surface area contributed by atoms with E-state index in [1.165, 1.54) is 0 Å². The number of furan rings is 1. The van der Waals surface area contributed by atoms with Gasteiger partial charge in [0.05, 0.1) is 18.7 Å². The summed E-state index contributed by atoms with van der Waals surface area (Å²) in [7, 11) is 0. The van der Waals surface area contributed by atoms with E-state index in [2.05, 4.69) is 24.5 Å². The molecule has 0 saturated carbocycles. The zero-order chi connectivity index (χ0) is 16.1. The first kappa shape index (κ1) is 16.1. The van der Waals surface area contributed by atoms with E-state index in [4.69, 9.17) is 9.68 Å². The SMILES string of the molecule is Cc1c([C@@H](NCC(=O)NCC#N)C(C)C)oc2ccccc12. The van der Waals surface area contributed by atoms with Crippen LogP contribution in [-0.2, 0) is 4.79 Å². The van der Waals surface area contributed by atoms with Crippen LogP contribution >= 0.6 is 0 Å². The van der Waals surface area contributed by atoms with Gasteiger partial charge < -0.3 is 9.73 Å². The van der Waals surface area contributed by atoms with Crippen molar-refractivity contribution < 1.29 is 9.21 Å². The van der Waals surface area contributed by atoms with Crippen molar-refractivity contribution in [2.24, 2.45) is 5.92 Å². The van der Waals surface area contributed by atoms with Crippen molar-refractivity contribution in [2.45, 2.75) is 26.8 Å². The molecule has 5 nitrogen and oxygen atoms in total. The maximum Gasteiger partial charge on any atom is 0.234 e. The van der Waals surface area contributed by atoms with Crippen LogP contribution in [0.3, 0.4) is 0 Å².